The lowest BCUT2D eigenvalue weighted by atomic mass is 9.95. The first-order chi connectivity index (χ1) is 13.4. The average Bonchev–Trinajstić information content (AvgIpc) is 2.59. The average molecular weight is 421 g/mol. The maximum Gasteiger partial charge on any atom is 0.336 e. The molecule has 0 spiro atoms. The number of hydrogen-bond acceptors (Lipinski definition) is 5. The van der Waals surface area contributed by atoms with E-state index in [1.165, 1.54) is 6.07 Å². The highest BCUT2D eigenvalue weighted by molar-refractivity contribution is 7.92. The summed E-state index contributed by atoms with van der Waals surface area (Å²) in [5, 5.41) is 0.825. The van der Waals surface area contributed by atoms with Crippen LogP contribution in [0.4, 0.5) is 0 Å². The van der Waals surface area contributed by atoms with Crippen molar-refractivity contribution in [3.05, 3.63) is 45.8 Å². The molecule has 2 rings (SSSR count). The van der Waals surface area contributed by atoms with Crippen LogP contribution in [0.1, 0.15) is 77.3 Å². The topological polar surface area (TPSA) is 81.4 Å². The van der Waals surface area contributed by atoms with Gasteiger partial charge in [0.05, 0.1) is 10.5 Å². The van der Waals surface area contributed by atoms with Gasteiger partial charge in [-0.1, -0.05) is 26.3 Å². The number of carbonyl (C=O) groups excluding carboxylic acids is 1. The number of benzene rings is 1. The van der Waals surface area contributed by atoms with E-state index in [9.17, 15) is 18.0 Å². The molecule has 0 unspecified atom stereocenters. The maximum absolute atomic E-state index is 12.4. The zero-order valence-corrected chi connectivity index (χ0v) is 18.9. The molecule has 0 saturated carbocycles. The predicted octanol–water partition coefficient (Wildman–Crippen LogP) is 4.80. The number of carbonyl (C=O) groups is 1. The van der Waals surface area contributed by atoms with Crippen molar-refractivity contribution in [1.82, 2.24) is 0 Å². The third kappa shape index (κ3) is 6.26. The summed E-state index contributed by atoms with van der Waals surface area (Å²) in [7, 11) is -3.10. The molecule has 0 aliphatic heterocycles. The van der Waals surface area contributed by atoms with Crippen molar-refractivity contribution in [1.29, 1.82) is 0 Å². The summed E-state index contributed by atoms with van der Waals surface area (Å²) in [6.07, 6.45) is 2.77. The summed E-state index contributed by atoms with van der Waals surface area (Å²) in [6, 6.07) is 6.97. The first-order valence-electron chi connectivity index (χ1n) is 10.2. The number of fused-ring (bicyclic) bond motifs is 1. The number of Topliss-reactive ketones (excluding diaryl/α,β-unsaturated/α-hetero) is 1. The minimum atomic E-state index is -3.10. The summed E-state index contributed by atoms with van der Waals surface area (Å²) in [6.45, 7) is 9.20. The van der Waals surface area contributed by atoms with Crippen molar-refractivity contribution in [2.45, 2.75) is 77.4 Å². The van der Waals surface area contributed by atoms with Gasteiger partial charge in [-0.2, -0.15) is 0 Å². The highest BCUT2D eigenvalue weighted by Gasteiger charge is 2.27. The number of ketones is 1. The van der Waals surface area contributed by atoms with Gasteiger partial charge in [0.25, 0.3) is 0 Å². The Morgan fingerprint density at radius 1 is 1.07 bits per heavy atom. The normalized spacial score (nSPS) is 12.6. The summed E-state index contributed by atoms with van der Waals surface area (Å²) in [4.78, 5) is 24.0. The Morgan fingerprint density at radius 2 is 1.76 bits per heavy atom. The van der Waals surface area contributed by atoms with E-state index >= 15 is 0 Å². The van der Waals surface area contributed by atoms with E-state index in [2.05, 4.69) is 0 Å². The lowest BCUT2D eigenvalue weighted by Crippen LogP contribution is -2.30. The summed E-state index contributed by atoms with van der Waals surface area (Å²) in [5.74, 6) is 0.469. The van der Waals surface area contributed by atoms with Crippen molar-refractivity contribution in [2.75, 3.05) is 5.75 Å². The minimum Gasteiger partial charge on any atom is -0.422 e. The molecule has 160 valence electrons. The molecule has 6 heteroatoms. The van der Waals surface area contributed by atoms with Crippen LogP contribution in [-0.2, 0) is 21.1 Å². The molecular weight excluding hydrogens is 388 g/mol. The van der Waals surface area contributed by atoms with Gasteiger partial charge in [-0.15, -0.1) is 0 Å². The van der Waals surface area contributed by atoms with Crippen molar-refractivity contribution in [2.24, 2.45) is 0 Å². The maximum atomic E-state index is 12.4. The smallest absolute Gasteiger partial charge is 0.336 e. The second kappa shape index (κ2) is 9.24. The third-order valence-electron chi connectivity index (χ3n) is 5.13. The van der Waals surface area contributed by atoms with Gasteiger partial charge in [-0.05, 0) is 62.8 Å². The fourth-order valence-corrected chi connectivity index (χ4v) is 4.41. The van der Waals surface area contributed by atoms with Crippen LogP contribution in [0, 0.1) is 0 Å². The molecule has 29 heavy (non-hydrogen) atoms. The van der Waals surface area contributed by atoms with Crippen molar-refractivity contribution < 1.29 is 17.6 Å². The predicted molar refractivity (Wildman–Crippen MR) is 117 cm³/mol. The van der Waals surface area contributed by atoms with Gasteiger partial charge in [-0.3, -0.25) is 4.79 Å². The number of rotatable bonds is 9. The monoisotopic (exact) mass is 420 g/mol. The van der Waals surface area contributed by atoms with Gasteiger partial charge < -0.3 is 4.42 Å². The van der Waals surface area contributed by atoms with Crippen LogP contribution in [0.2, 0.25) is 0 Å². The molecule has 0 atom stereocenters. The summed E-state index contributed by atoms with van der Waals surface area (Å²) < 4.78 is 28.9. The van der Waals surface area contributed by atoms with Gasteiger partial charge in [-0.25, -0.2) is 13.2 Å². The molecule has 5 nitrogen and oxygen atoms in total. The molecule has 1 aromatic heterocycles. The van der Waals surface area contributed by atoms with Crippen molar-refractivity contribution in [3.63, 3.8) is 0 Å². The van der Waals surface area contributed by atoms with Gasteiger partial charge in [0.2, 0.25) is 0 Å². The first kappa shape index (κ1) is 23.3. The summed E-state index contributed by atoms with van der Waals surface area (Å²) in [5.41, 5.74) is 2.05. The highest BCUT2D eigenvalue weighted by atomic mass is 32.2. The highest BCUT2D eigenvalue weighted by Crippen LogP contribution is 2.27. The first-order valence-corrected chi connectivity index (χ1v) is 11.9. The lowest BCUT2D eigenvalue weighted by molar-refractivity contribution is -0.118. The van der Waals surface area contributed by atoms with Crippen LogP contribution >= 0.6 is 0 Å². The molecule has 0 aliphatic carbocycles. The van der Waals surface area contributed by atoms with E-state index in [0.717, 1.165) is 22.9 Å². The Hall–Kier alpha value is -1.95. The minimum absolute atomic E-state index is 0.134. The zero-order valence-electron chi connectivity index (χ0n) is 18.1. The second-order valence-electron chi connectivity index (χ2n) is 8.97. The fraction of sp³-hybridized carbons (Fsp3) is 0.565. The Morgan fingerprint density at radius 3 is 2.38 bits per heavy atom. The van der Waals surface area contributed by atoms with Gasteiger partial charge >= 0.3 is 5.63 Å². The molecule has 0 N–H and O–H groups in total. The molecular formula is C23H32O5S. The van der Waals surface area contributed by atoms with Crippen LogP contribution in [0.3, 0.4) is 0 Å². The van der Waals surface area contributed by atoms with Crippen molar-refractivity contribution >= 4 is 26.6 Å². The van der Waals surface area contributed by atoms with E-state index < -0.39 is 14.6 Å². The molecule has 0 aliphatic rings. The largest absolute Gasteiger partial charge is 0.422 e. The van der Waals surface area contributed by atoms with Gasteiger partial charge in [0, 0.05) is 24.3 Å². The lowest BCUT2D eigenvalue weighted by Gasteiger charge is -2.18. The summed E-state index contributed by atoms with van der Waals surface area (Å²) >= 11 is 0. The third-order valence-corrected chi connectivity index (χ3v) is 7.82. The molecule has 0 fully saturated rings. The van der Waals surface area contributed by atoms with Crippen molar-refractivity contribution in [3.8, 4) is 0 Å². The van der Waals surface area contributed by atoms with Crippen LogP contribution in [0.15, 0.2) is 33.5 Å². The van der Waals surface area contributed by atoms with Crippen LogP contribution in [0.25, 0.3) is 11.0 Å². The fourth-order valence-electron chi connectivity index (χ4n) is 3.22. The van der Waals surface area contributed by atoms with Crippen LogP contribution in [-0.4, -0.2) is 24.7 Å². The van der Waals surface area contributed by atoms with E-state index in [4.69, 9.17) is 4.42 Å². The second-order valence-corrected chi connectivity index (χ2v) is 11.8. The Balaban J connectivity index is 1.95. The molecule has 0 saturated heterocycles. The quantitative estimate of drug-likeness (QED) is 0.430. The van der Waals surface area contributed by atoms with Crippen LogP contribution < -0.4 is 5.63 Å². The van der Waals surface area contributed by atoms with E-state index in [-0.39, 0.29) is 23.1 Å². The number of unbranched alkanes of at least 4 members (excludes halogenated alkanes) is 2. The van der Waals surface area contributed by atoms with E-state index in [0.29, 0.717) is 31.3 Å². The Labute approximate surface area is 173 Å². The number of sulfone groups is 1. The van der Waals surface area contributed by atoms with E-state index in [1.807, 2.05) is 26.0 Å². The molecule has 2 aromatic rings. The molecule has 0 radical (unpaired) electrons. The van der Waals surface area contributed by atoms with E-state index in [1.54, 1.807) is 26.8 Å². The molecule has 1 heterocycles. The SMILES string of the molecule is CC(C)c1cc(CC(=O)CCCCCS(=O)(=O)C(C)(C)C)cc2ccc(=O)oc12. The molecule has 0 bridgehead atoms. The standard InChI is InChI=1S/C23H32O5S/c1-16(2)20-15-17(13-18-10-11-21(25)28-22(18)20)14-19(24)9-7-6-8-12-29(26,27)23(3,4)5/h10-11,13,15-16H,6-9,12,14H2,1-5H3. The number of hydrogen-bond donors (Lipinski definition) is 0. The van der Waals surface area contributed by atoms with Crippen LogP contribution in [0.5, 0.6) is 0 Å². The zero-order chi connectivity index (χ0) is 21.8. The van der Waals surface area contributed by atoms with Gasteiger partial charge in [0.1, 0.15) is 11.4 Å². The van der Waals surface area contributed by atoms with Gasteiger partial charge in [0.15, 0.2) is 9.84 Å². The Bertz CT molecular complexity index is 1020. The Kier molecular flexibility index (Phi) is 7.44. The molecule has 0 amide bonds. The molecule has 1 aromatic carbocycles.